The van der Waals surface area contributed by atoms with E-state index in [4.69, 9.17) is 4.74 Å². The van der Waals surface area contributed by atoms with Crippen molar-refractivity contribution in [2.24, 2.45) is 5.41 Å². The molecule has 40 heavy (non-hydrogen) atoms. The van der Waals surface area contributed by atoms with Gasteiger partial charge in [-0.15, -0.1) is 0 Å². The Kier molecular flexibility index (Phi) is 7.42. The average molecular weight is 544 g/mol. The van der Waals surface area contributed by atoms with E-state index in [1.165, 1.54) is 12.5 Å². The van der Waals surface area contributed by atoms with E-state index < -0.39 is 0 Å². The number of likely N-dealkylation sites (tertiary alicyclic amines) is 1. The first-order valence-corrected chi connectivity index (χ1v) is 14.3. The van der Waals surface area contributed by atoms with Crippen molar-refractivity contribution in [2.45, 2.75) is 51.1 Å². The van der Waals surface area contributed by atoms with Crippen LogP contribution in [0.15, 0.2) is 49.3 Å². The van der Waals surface area contributed by atoms with Crippen molar-refractivity contribution in [3.63, 3.8) is 0 Å². The number of ether oxygens (including phenoxy) is 1. The molecule has 1 aliphatic carbocycles. The highest BCUT2D eigenvalue weighted by molar-refractivity contribution is 5.93. The summed E-state index contributed by atoms with van der Waals surface area (Å²) in [6.07, 6.45) is 10.0. The van der Waals surface area contributed by atoms with Crippen molar-refractivity contribution < 1.29 is 14.3 Å². The molecule has 3 fully saturated rings. The number of morpholine rings is 1. The number of hydrogen-bond acceptors (Lipinski definition) is 6. The third-order valence-corrected chi connectivity index (χ3v) is 8.70. The van der Waals surface area contributed by atoms with Crippen LogP contribution >= 0.6 is 0 Å². The van der Waals surface area contributed by atoms with Crippen molar-refractivity contribution >= 4 is 34.5 Å². The summed E-state index contributed by atoms with van der Waals surface area (Å²) >= 11 is 0. The zero-order valence-electron chi connectivity index (χ0n) is 22.8. The quantitative estimate of drug-likeness (QED) is 0.403. The fourth-order valence-electron chi connectivity index (χ4n) is 6.66. The zero-order chi connectivity index (χ0) is 27.5. The molecule has 1 unspecified atom stereocenters. The molecule has 4 heterocycles. The van der Waals surface area contributed by atoms with Gasteiger partial charge in [0.15, 0.2) is 0 Å². The Labute approximate surface area is 234 Å². The largest absolute Gasteiger partial charge is 0.378 e. The van der Waals surface area contributed by atoms with Crippen molar-refractivity contribution in [1.82, 2.24) is 25.2 Å². The Balaban J connectivity index is 1.19. The van der Waals surface area contributed by atoms with Crippen LogP contribution in [0.3, 0.4) is 0 Å². The number of anilines is 2. The van der Waals surface area contributed by atoms with Crippen molar-refractivity contribution in [3.05, 3.63) is 49.3 Å². The number of aromatic nitrogens is 3. The second kappa shape index (κ2) is 11.3. The van der Waals surface area contributed by atoms with Crippen LogP contribution in [0.5, 0.6) is 0 Å². The van der Waals surface area contributed by atoms with E-state index in [1.54, 1.807) is 6.33 Å². The van der Waals surface area contributed by atoms with E-state index in [0.29, 0.717) is 25.4 Å². The standard InChI is InChI=1S/C30H37N7O3/c1-2-25(38)35-28-30(11-4-3-5-12-30)13-6-14-37(28)29(39)33-22-9-7-21(8-10-22)24-19-23-26(34-24)31-20-32-27(23)36-15-17-40-18-16-36/h2,7-10,19-20,28H,1,3-6,11-18H2,(H,33,39)(H,35,38)(H,31,32,34). The highest BCUT2D eigenvalue weighted by atomic mass is 16.5. The number of aromatic amines is 1. The summed E-state index contributed by atoms with van der Waals surface area (Å²) in [4.78, 5) is 42.3. The lowest BCUT2D eigenvalue weighted by Crippen LogP contribution is -2.63. The molecule has 6 rings (SSSR count). The first-order valence-electron chi connectivity index (χ1n) is 14.3. The molecular formula is C30H37N7O3. The van der Waals surface area contributed by atoms with Crippen LogP contribution in [0.4, 0.5) is 16.3 Å². The van der Waals surface area contributed by atoms with E-state index in [0.717, 1.165) is 79.7 Å². The molecule has 1 aromatic carbocycles. The summed E-state index contributed by atoms with van der Waals surface area (Å²) < 4.78 is 5.49. The molecule has 3 N–H and O–H groups in total. The zero-order valence-corrected chi connectivity index (χ0v) is 22.8. The highest BCUT2D eigenvalue weighted by Gasteiger charge is 2.47. The van der Waals surface area contributed by atoms with Crippen molar-refractivity contribution in [2.75, 3.05) is 43.1 Å². The molecule has 210 valence electrons. The minimum absolute atomic E-state index is 0.0744. The Morgan fingerprint density at radius 3 is 2.52 bits per heavy atom. The van der Waals surface area contributed by atoms with Crippen LogP contribution in [0.25, 0.3) is 22.3 Å². The van der Waals surface area contributed by atoms with Gasteiger partial charge in [0.25, 0.3) is 0 Å². The summed E-state index contributed by atoms with van der Waals surface area (Å²) in [6, 6.07) is 9.67. The SMILES string of the molecule is C=CC(=O)NC1N(C(=O)Nc2ccc(-c3cc4c(N5CCOCC5)ncnc4[nH]3)cc2)CCCC12CCCCC2. The number of hydrogen-bond donors (Lipinski definition) is 3. The minimum Gasteiger partial charge on any atom is -0.378 e. The smallest absolute Gasteiger partial charge is 0.323 e. The molecule has 2 aromatic heterocycles. The summed E-state index contributed by atoms with van der Waals surface area (Å²) in [5.41, 5.74) is 3.34. The first-order chi connectivity index (χ1) is 19.6. The number of rotatable bonds is 5. The number of amides is 3. The molecule has 2 aliphatic heterocycles. The second-order valence-electron chi connectivity index (χ2n) is 11.1. The molecule has 10 nitrogen and oxygen atoms in total. The van der Waals surface area contributed by atoms with Gasteiger partial charge in [0, 0.05) is 36.4 Å². The van der Waals surface area contributed by atoms with Crippen LogP contribution in [-0.4, -0.2) is 70.8 Å². The third kappa shape index (κ3) is 5.15. The number of nitrogens with zero attached hydrogens (tertiary/aromatic N) is 4. The lowest BCUT2D eigenvalue weighted by Gasteiger charge is -2.51. The fraction of sp³-hybridized carbons (Fsp3) is 0.467. The van der Waals surface area contributed by atoms with Gasteiger partial charge in [-0.2, -0.15) is 0 Å². The van der Waals surface area contributed by atoms with E-state index in [1.807, 2.05) is 29.2 Å². The van der Waals surface area contributed by atoms with Gasteiger partial charge in [0.1, 0.15) is 24.0 Å². The van der Waals surface area contributed by atoms with Crippen LogP contribution in [0, 0.1) is 5.41 Å². The van der Waals surface area contributed by atoms with Crippen LogP contribution in [-0.2, 0) is 9.53 Å². The molecule has 10 heteroatoms. The van der Waals surface area contributed by atoms with Gasteiger partial charge in [-0.1, -0.05) is 38.0 Å². The number of carbonyl (C=O) groups excluding carboxylic acids is 2. The number of carbonyl (C=O) groups is 2. The van der Waals surface area contributed by atoms with E-state index in [-0.39, 0.29) is 23.5 Å². The number of fused-ring (bicyclic) bond motifs is 1. The van der Waals surface area contributed by atoms with E-state index in [2.05, 4.69) is 43.1 Å². The Hall–Kier alpha value is -3.92. The molecule has 1 atom stereocenters. The number of H-pyrrole nitrogens is 1. The van der Waals surface area contributed by atoms with E-state index >= 15 is 0 Å². The van der Waals surface area contributed by atoms with Gasteiger partial charge >= 0.3 is 6.03 Å². The molecular weight excluding hydrogens is 506 g/mol. The number of benzene rings is 1. The highest BCUT2D eigenvalue weighted by Crippen LogP contribution is 2.46. The molecule has 1 spiro atoms. The van der Waals surface area contributed by atoms with Gasteiger partial charge in [-0.05, 0) is 55.5 Å². The molecule has 3 aliphatic rings. The Morgan fingerprint density at radius 2 is 1.77 bits per heavy atom. The van der Waals surface area contributed by atoms with Gasteiger partial charge in [0.05, 0.1) is 18.6 Å². The third-order valence-electron chi connectivity index (χ3n) is 8.70. The Morgan fingerprint density at radius 1 is 1.02 bits per heavy atom. The topological polar surface area (TPSA) is 115 Å². The minimum atomic E-state index is -0.334. The molecule has 3 amide bonds. The van der Waals surface area contributed by atoms with Crippen molar-refractivity contribution in [1.29, 1.82) is 0 Å². The van der Waals surface area contributed by atoms with Crippen LogP contribution in [0.2, 0.25) is 0 Å². The van der Waals surface area contributed by atoms with E-state index in [9.17, 15) is 9.59 Å². The maximum atomic E-state index is 13.5. The maximum absolute atomic E-state index is 13.5. The predicted octanol–water partition coefficient (Wildman–Crippen LogP) is 4.67. The molecule has 3 aromatic rings. The summed E-state index contributed by atoms with van der Waals surface area (Å²) in [7, 11) is 0. The molecule has 0 radical (unpaired) electrons. The second-order valence-corrected chi connectivity index (χ2v) is 11.1. The fourth-order valence-corrected chi connectivity index (χ4v) is 6.66. The van der Waals surface area contributed by atoms with Gasteiger partial charge < -0.3 is 30.2 Å². The van der Waals surface area contributed by atoms with Gasteiger partial charge in [0.2, 0.25) is 5.91 Å². The normalized spacial score (nSPS) is 20.9. The first kappa shape index (κ1) is 26.3. The average Bonchev–Trinajstić information content (AvgIpc) is 3.44. The molecule has 2 saturated heterocycles. The van der Waals surface area contributed by atoms with Gasteiger partial charge in [-0.25, -0.2) is 14.8 Å². The lowest BCUT2D eigenvalue weighted by molar-refractivity contribution is -0.121. The summed E-state index contributed by atoms with van der Waals surface area (Å²) in [5, 5.41) is 7.15. The number of nitrogens with one attached hydrogen (secondary N) is 3. The number of piperidine rings is 1. The summed E-state index contributed by atoms with van der Waals surface area (Å²) in [6.45, 7) is 7.22. The number of urea groups is 1. The van der Waals surface area contributed by atoms with Crippen molar-refractivity contribution in [3.8, 4) is 11.3 Å². The molecule has 0 bridgehead atoms. The van der Waals surface area contributed by atoms with Gasteiger partial charge in [-0.3, -0.25) is 4.79 Å². The van der Waals surface area contributed by atoms with Crippen LogP contribution < -0.4 is 15.5 Å². The monoisotopic (exact) mass is 543 g/mol. The predicted molar refractivity (Wildman–Crippen MR) is 155 cm³/mol. The van der Waals surface area contributed by atoms with Crippen LogP contribution in [0.1, 0.15) is 44.9 Å². The lowest BCUT2D eigenvalue weighted by atomic mass is 9.67. The maximum Gasteiger partial charge on any atom is 0.323 e. The Bertz CT molecular complexity index is 1370. The molecule has 1 saturated carbocycles. The summed E-state index contributed by atoms with van der Waals surface area (Å²) in [5.74, 6) is 0.675.